The molecule has 3 aliphatic heterocycles. The van der Waals surface area contributed by atoms with Crippen LogP contribution < -0.4 is 15.1 Å². The zero-order valence-corrected chi connectivity index (χ0v) is 24.4. The van der Waals surface area contributed by atoms with E-state index in [0.29, 0.717) is 37.4 Å². The van der Waals surface area contributed by atoms with Crippen LogP contribution in [0, 0.1) is 0 Å². The predicted molar refractivity (Wildman–Crippen MR) is 157 cm³/mol. The average molecular weight is 565 g/mol. The Labute approximate surface area is 235 Å². The second-order valence-electron chi connectivity index (χ2n) is 11.7. The van der Waals surface area contributed by atoms with Crippen LogP contribution >= 0.6 is 0 Å². The van der Waals surface area contributed by atoms with Crippen LogP contribution in [0.3, 0.4) is 0 Å². The van der Waals surface area contributed by atoms with E-state index in [-0.39, 0.29) is 17.1 Å². The number of morpholine rings is 1. The van der Waals surface area contributed by atoms with Gasteiger partial charge in [0.1, 0.15) is 17.5 Å². The average Bonchev–Trinajstić information content (AvgIpc) is 3.15. The lowest BCUT2D eigenvalue weighted by Crippen LogP contribution is -2.54. The Hall–Kier alpha value is -3.35. The third kappa shape index (κ3) is 5.23. The third-order valence-electron chi connectivity index (χ3n) is 7.73. The van der Waals surface area contributed by atoms with Crippen LogP contribution in [0.15, 0.2) is 47.1 Å². The Balaban J connectivity index is 1.36. The summed E-state index contributed by atoms with van der Waals surface area (Å²) in [6.45, 7) is 10.1. The molecule has 2 atom stereocenters. The summed E-state index contributed by atoms with van der Waals surface area (Å²) in [6.07, 6.45) is 7.69. The maximum Gasteiger partial charge on any atom is 0.229 e. The minimum absolute atomic E-state index is 0.0423. The zero-order valence-electron chi connectivity index (χ0n) is 23.6. The number of nitrogens with zero attached hydrogens (tertiary/aromatic N) is 7. The Kier molecular flexibility index (Phi) is 6.67. The van der Waals surface area contributed by atoms with Gasteiger partial charge in [-0.25, -0.2) is 19.2 Å². The van der Waals surface area contributed by atoms with Gasteiger partial charge < -0.3 is 24.6 Å². The smallest absolute Gasteiger partial charge is 0.229 e. The fourth-order valence-electron chi connectivity index (χ4n) is 5.65. The number of pyridine rings is 2. The standard InChI is InChI=1S/C28H36N8O3S/c1-27(2)15-21-28(3,18-39-27)20-17-30-26(31-19-9-10-23(29-16-19)35-11-13-38-14-12-35)33-25(20)36(21)24-8-6-7-22(32-24)34-40(4,5)37/h6-10,16-17,21H,11-15,18H2,1-5H3,(H,30,31,33)/t21-,28-/m1/s1. The maximum atomic E-state index is 12.4. The van der Waals surface area contributed by atoms with Crippen molar-refractivity contribution < 1.29 is 13.7 Å². The summed E-state index contributed by atoms with van der Waals surface area (Å²) < 4.78 is 28.5. The molecule has 6 heterocycles. The van der Waals surface area contributed by atoms with Crippen molar-refractivity contribution in [3.05, 3.63) is 48.3 Å². The van der Waals surface area contributed by atoms with Crippen molar-refractivity contribution in [2.45, 2.75) is 44.2 Å². The van der Waals surface area contributed by atoms with Gasteiger partial charge >= 0.3 is 0 Å². The normalized spacial score (nSPS) is 23.9. The Morgan fingerprint density at radius 1 is 1.02 bits per heavy atom. The lowest BCUT2D eigenvalue weighted by Gasteiger charge is -2.46. The number of anilines is 5. The molecular formula is C28H36N8O3S. The number of rotatable bonds is 5. The molecule has 0 aliphatic carbocycles. The predicted octanol–water partition coefficient (Wildman–Crippen LogP) is 4.18. The van der Waals surface area contributed by atoms with E-state index in [2.05, 4.69) is 50.2 Å². The molecule has 11 nitrogen and oxygen atoms in total. The van der Waals surface area contributed by atoms with E-state index >= 15 is 0 Å². The second-order valence-corrected chi connectivity index (χ2v) is 14.3. The van der Waals surface area contributed by atoms with Gasteiger partial charge in [-0.05, 0) is 44.5 Å². The molecule has 0 unspecified atom stereocenters. The molecule has 1 N–H and O–H groups in total. The van der Waals surface area contributed by atoms with Gasteiger partial charge in [0, 0.05) is 52.5 Å². The number of hydrogen-bond donors (Lipinski definition) is 1. The molecule has 12 heteroatoms. The molecule has 0 bridgehead atoms. The lowest BCUT2D eigenvalue weighted by molar-refractivity contribution is -0.0893. The Morgan fingerprint density at radius 2 is 1.82 bits per heavy atom. The van der Waals surface area contributed by atoms with E-state index in [4.69, 9.17) is 19.4 Å². The number of fused-ring (bicyclic) bond motifs is 3. The summed E-state index contributed by atoms with van der Waals surface area (Å²) in [4.78, 5) is 23.5. The number of ether oxygens (including phenoxy) is 2. The molecule has 0 saturated carbocycles. The van der Waals surface area contributed by atoms with E-state index in [1.54, 1.807) is 24.8 Å². The fourth-order valence-corrected chi connectivity index (χ4v) is 6.20. The van der Waals surface area contributed by atoms with E-state index in [0.717, 1.165) is 42.4 Å². The molecule has 40 heavy (non-hydrogen) atoms. The summed E-state index contributed by atoms with van der Waals surface area (Å²) >= 11 is 0. The molecule has 212 valence electrons. The first kappa shape index (κ1) is 26.9. The number of nitrogens with one attached hydrogen (secondary N) is 1. The van der Waals surface area contributed by atoms with Crippen LogP contribution in [0.2, 0.25) is 0 Å². The zero-order chi connectivity index (χ0) is 28.1. The van der Waals surface area contributed by atoms with Gasteiger partial charge in [-0.1, -0.05) is 13.0 Å². The minimum Gasteiger partial charge on any atom is -0.378 e. The SMILES string of the molecule is CC1(C)C[C@H]2N(c3cccc(N=S(C)(C)=O)n3)c3nc(Nc4ccc(N5CCOCC5)nc4)ncc3[C@@]2(C)CO1. The minimum atomic E-state index is -2.36. The Morgan fingerprint density at radius 3 is 2.55 bits per heavy atom. The van der Waals surface area contributed by atoms with Gasteiger partial charge in [-0.3, -0.25) is 0 Å². The van der Waals surface area contributed by atoms with E-state index in [1.807, 2.05) is 30.5 Å². The van der Waals surface area contributed by atoms with Crippen molar-refractivity contribution in [1.29, 1.82) is 0 Å². The third-order valence-corrected chi connectivity index (χ3v) is 8.35. The molecule has 6 rings (SSSR count). The molecule has 0 aromatic carbocycles. The molecule has 0 amide bonds. The highest BCUT2D eigenvalue weighted by Crippen LogP contribution is 2.53. The number of aromatic nitrogens is 4. The highest BCUT2D eigenvalue weighted by molar-refractivity contribution is 7.92. The molecule has 2 fully saturated rings. The highest BCUT2D eigenvalue weighted by Gasteiger charge is 2.55. The molecule has 2 saturated heterocycles. The number of hydrogen-bond acceptors (Lipinski definition) is 11. The highest BCUT2D eigenvalue weighted by atomic mass is 32.2. The van der Waals surface area contributed by atoms with Crippen molar-refractivity contribution in [3.63, 3.8) is 0 Å². The molecule has 3 aromatic heterocycles. The molecule has 0 radical (unpaired) electrons. The molecular weight excluding hydrogens is 528 g/mol. The summed E-state index contributed by atoms with van der Waals surface area (Å²) in [5, 5.41) is 3.33. The monoisotopic (exact) mass is 564 g/mol. The Bertz CT molecular complexity index is 1520. The van der Waals surface area contributed by atoms with Crippen LogP contribution in [0.25, 0.3) is 0 Å². The first-order valence-corrected chi connectivity index (χ1v) is 15.8. The summed E-state index contributed by atoms with van der Waals surface area (Å²) in [5.74, 6) is 3.32. The first-order valence-electron chi connectivity index (χ1n) is 13.5. The van der Waals surface area contributed by atoms with Crippen LogP contribution in [-0.2, 0) is 24.6 Å². The van der Waals surface area contributed by atoms with Crippen LogP contribution in [0.1, 0.15) is 32.8 Å². The fraction of sp³-hybridized carbons (Fsp3) is 0.500. The van der Waals surface area contributed by atoms with Gasteiger partial charge in [0.25, 0.3) is 0 Å². The maximum absolute atomic E-state index is 12.4. The van der Waals surface area contributed by atoms with E-state index in [9.17, 15) is 4.21 Å². The topological polar surface area (TPSA) is 118 Å². The van der Waals surface area contributed by atoms with E-state index in [1.165, 1.54) is 0 Å². The van der Waals surface area contributed by atoms with E-state index < -0.39 is 9.73 Å². The van der Waals surface area contributed by atoms with Gasteiger partial charge in [0.15, 0.2) is 5.82 Å². The molecule has 0 spiro atoms. The van der Waals surface area contributed by atoms with Crippen molar-refractivity contribution in [3.8, 4) is 0 Å². The van der Waals surface area contributed by atoms with Gasteiger partial charge in [-0.15, -0.1) is 0 Å². The largest absolute Gasteiger partial charge is 0.378 e. The van der Waals surface area contributed by atoms with Crippen LogP contribution in [-0.4, -0.2) is 81.2 Å². The lowest BCUT2D eigenvalue weighted by atomic mass is 9.73. The van der Waals surface area contributed by atoms with Crippen molar-refractivity contribution in [2.24, 2.45) is 4.36 Å². The van der Waals surface area contributed by atoms with Gasteiger partial charge in [0.05, 0.1) is 43.3 Å². The first-order chi connectivity index (χ1) is 19.0. The summed E-state index contributed by atoms with van der Waals surface area (Å²) in [5.41, 5.74) is 1.17. The summed E-state index contributed by atoms with van der Waals surface area (Å²) in [7, 11) is -2.36. The van der Waals surface area contributed by atoms with Crippen molar-refractivity contribution in [1.82, 2.24) is 19.9 Å². The van der Waals surface area contributed by atoms with Crippen molar-refractivity contribution >= 4 is 44.6 Å². The van der Waals surface area contributed by atoms with Crippen LogP contribution in [0.4, 0.5) is 34.9 Å². The quantitative estimate of drug-likeness (QED) is 0.483. The van der Waals surface area contributed by atoms with Crippen LogP contribution in [0.5, 0.6) is 0 Å². The summed E-state index contributed by atoms with van der Waals surface area (Å²) in [6, 6.07) is 9.66. The van der Waals surface area contributed by atoms with Gasteiger partial charge in [0.2, 0.25) is 5.95 Å². The second kappa shape index (κ2) is 9.93. The van der Waals surface area contributed by atoms with Gasteiger partial charge in [-0.2, -0.15) is 9.35 Å². The van der Waals surface area contributed by atoms with Crippen molar-refractivity contribution in [2.75, 3.05) is 60.5 Å². The molecule has 3 aliphatic rings. The molecule has 3 aromatic rings.